The van der Waals surface area contributed by atoms with Crippen LogP contribution in [-0.4, -0.2) is 24.5 Å². The van der Waals surface area contributed by atoms with Crippen LogP contribution in [0.1, 0.15) is 24.0 Å². The lowest BCUT2D eigenvalue weighted by molar-refractivity contribution is -0.134. The minimum atomic E-state index is -0.728. The third-order valence-electron chi connectivity index (χ3n) is 3.89. The molecule has 1 heterocycles. The van der Waals surface area contributed by atoms with E-state index in [9.17, 15) is 4.79 Å². The normalized spacial score (nSPS) is 18.1. The minimum Gasteiger partial charge on any atom is -0.493 e. The number of nitrogens with zero attached hydrogens (tertiary/aromatic N) is 2. The summed E-state index contributed by atoms with van der Waals surface area (Å²) in [6.07, 6.45) is 2.33. The van der Waals surface area contributed by atoms with Crippen LogP contribution in [0.4, 0.5) is 0 Å². The van der Waals surface area contributed by atoms with Gasteiger partial charge in [-0.15, -0.1) is 0 Å². The lowest BCUT2D eigenvalue weighted by Crippen LogP contribution is -2.33. The van der Waals surface area contributed by atoms with Gasteiger partial charge in [0.05, 0.1) is 12.7 Å². The van der Waals surface area contributed by atoms with Crippen molar-refractivity contribution in [1.29, 1.82) is 5.26 Å². The van der Waals surface area contributed by atoms with Gasteiger partial charge in [-0.05, 0) is 30.0 Å². The highest BCUT2D eigenvalue weighted by Gasteiger charge is 2.51. The maximum atomic E-state index is 12.2. The van der Waals surface area contributed by atoms with Gasteiger partial charge in [0.25, 0.3) is 0 Å². The first-order chi connectivity index (χ1) is 9.14. The predicted octanol–water partition coefficient (Wildman–Crippen LogP) is 1.88. The van der Waals surface area contributed by atoms with Crippen LogP contribution in [0.25, 0.3) is 0 Å². The molecule has 0 N–H and O–H groups in total. The fraction of sp³-hybridized carbons (Fsp3) is 0.467. The van der Waals surface area contributed by atoms with Crippen LogP contribution >= 0.6 is 0 Å². The smallest absolute Gasteiger partial charge is 0.243 e. The summed E-state index contributed by atoms with van der Waals surface area (Å²) >= 11 is 0. The lowest BCUT2D eigenvalue weighted by Gasteiger charge is -2.20. The number of nitriles is 1. The van der Waals surface area contributed by atoms with E-state index in [4.69, 9.17) is 10.00 Å². The van der Waals surface area contributed by atoms with Gasteiger partial charge in [-0.2, -0.15) is 5.26 Å². The number of ether oxygens (including phenoxy) is 1. The number of hydrogen-bond donors (Lipinski definition) is 0. The van der Waals surface area contributed by atoms with Gasteiger partial charge in [-0.3, -0.25) is 4.79 Å². The molecule has 4 nitrogen and oxygen atoms in total. The molecule has 1 aliphatic carbocycles. The molecule has 1 amide bonds. The van der Waals surface area contributed by atoms with Crippen molar-refractivity contribution in [2.24, 2.45) is 5.41 Å². The molecule has 98 valence electrons. The molecule has 1 fully saturated rings. The Bertz CT molecular complexity index is 570. The van der Waals surface area contributed by atoms with Gasteiger partial charge >= 0.3 is 0 Å². The van der Waals surface area contributed by atoms with E-state index in [1.54, 1.807) is 11.9 Å². The van der Waals surface area contributed by atoms with Crippen molar-refractivity contribution < 1.29 is 9.53 Å². The molecule has 1 saturated carbocycles. The monoisotopic (exact) mass is 256 g/mol. The highest BCUT2D eigenvalue weighted by atomic mass is 16.5. The third kappa shape index (κ3) is 2.06. The van der Waals surface area contributed by atoms with Crippen LogP contribution in [0, 0.1) is 16.7 Å². The Morgan fingerprint density at radius 1 is 1.53 bits per heavy atom. The van der Waals surface area contributed by atoms with Gasteiger partial charge in [0.1, 0.15) is 11.2 Å². The second-order valence-corrected chi connectivity index (χ2v) is 5.40. The maximum absolute atomic E-state index is 12.2. The molecule has 19 heavy (non-hydrogen) atoms. The maximum Gasteiger partial charge on any atom is 0.243 e. The summed E-state index contributed by atoms with van der Waals surface area (Å²) in [5, 5.41) is 9.05. The number of carbonyl (C=O) groups excluding carboxylic acids is 1. The minimum absolute atomic E-state index is 0.0493. The first-order valence-electron chi connectivity index (χ1n) is 6.56. The lowest BCUT2D eigenvalue weighted by atomic mass is 10.1. The topological polar surface area (TPSA) is 53.3 Å². The molecule has 0 radical (unpaired) electrons. The van der Waals surface area contributed by atoms with Gasteiger partial charge in [0, 0.05) is 20.0 Å². The number of rotatable bonds is 3. The van der Waals surface area contributed by atoms with Crippen LogP contribution in [0.2, 0.25) is 0 Å². The van der Waals surface area contributed by atoms with E-state index in [0.717, 1.165) is 24.3 Å². The second-order valence-electron chi connectivity index (χ2n) is 5.40. The van der Waals surface area contributed by atoms with Crippen LogP contribution in [0.5, 0.6) is 5.75 Å². The summed E-state index contributed by atoms with van der Waals surface area (Å²) in [5.74, 6) is 0.903. The van der Waals surface area contributed by atoms with Gasteiger partial charge in [0.15, 0.2) is 0 Å². The van der Waals surface area contributed by atoms with Crippen molar-refractivity contribution in [3.05, 3.63) is 29.3 Å². The molecule has 0 atom stereocenters. The Morgan fingerprint density at radius 2 is 2.32 bits per heavy atom. The van der Waals surface area contributed by atoms with E-state index in [1.807, 2.05) is 12.1 Å². The molecule has 0 spiro atoms. The molecule has 0 bridgehead atoms. The standard InChI is InChI=1S/C15H16N2O2/c1-17(14(18)15(10-16)5-6-15)9-11-2-3-13-12(8-11)4-7-19-13/h2-3,8H,4-7,9H2,1H3. The van der Waals surface area contributed by atoms with E-state index >= 15 is 0 Å². The number of carbonyl (C=O) groups is 1. The van der Waals surface area contributed by atoms with Crippen molar-refractivity contribution in [1.82, 2.24) is 4.90 Å². The Kier molecular flexibility index (Phi) is 2.70. The fourth-order valence-corrected chi connectivity index (χ4v) is 2.55. The molecule has 3 rings (SSSR count). The zero-order valence-electron chi connectivity index (χ0n) is 11.0. The van der Waals surface area contributed by atoms with Gasteiger partial charge < -0.3 is 9.64 Å². The average Bonchev–Trinajstić information content (AvgIpc) is 3.09. The Balaban J connectivity index is 1.72. The van der Waals surface area contributed by atoms with Gasteiger partial charge in [-0.25, -0.2) is 0 Å². The number of fused-ring (bicyclic) bond motifs is 1. The second kappa shape index (κ2) is 4.27. The van der Waals surface area contributed by atoms with Crippen molar-refractivity contribution in [2.75, 3.05) is 13.7 Å². The third-order valence-corrected chi connectivity index (χ3v) is 3.89. The van der Waals surface area contributed by atoms with Crippen LogP contribution in [-0.2, 0) is 17.8 Å². The van der Waals surface area contributed by atoms with Gasteiger partial charge in [0.2, 0.25) is 5.91 Å². The molecule has 0 unspecified atom stereocenters. The molecular weight excluding hydrogens is 240 g/mol. The van der Waals surface area contributed by atoms with Gasteiger partial charge in [-0.1, -0.05) is 12.1 Å². The highest BCUT2D eigenvalue weighted by molar-refractivity contribution is 5.88. The van der Waals surface area contributed by atoms with Crippen LogP contribution in [0.3, 0.4) is 0 Å². The summed E-state index contributed by atoms with van der Waals surface area (Å²) in [5.41, 5.74) is 1.57. The first-order valence-corrected chi connectivity index (χ1v) is 6.56. The summed E-state index contributed by atoms with van der Waals surface area (Å²) < 4.78 is 5.46. The number of amides is 1. The van der Waals surface area contributed by atoms with Crippen molar-refractivity contribution in [3.8, 4) is 11.8 Å². The molecule has 1 aromatic rings. The van der Waals surface area contributed by atoms with Crippen molar-refractivity contribution in [2.45, 2.75) is 25.8 Å². The van der Waals surface area contributed by atoms with E-state index in [2.05, 4.69) is 12.1 Å². The molecule has 0 aromatic heterocycles. The Labute approximate surface area is 112 Å². The SMILES string of the molecule is CN(Cc1ccc2c(c1)CCO2)C(=O)C1(C#N)CC1. The van der Waals surface area contributed by atoms with E-state index in [-0.39, 0.29) is 5.91 Å². The largest absolute Gasteiger partial charge is 0.493 e. The van der Waals surface area contributed by atoms with Crippen LogP contribution in [0.15, 0.2) is 18.2 Å². The number of hydrogen-bond acceptors (Lipinski definition) is 3. The van der Waals surface area contributed by atoms with E-state index in [1.165, 1.54) is 5.56 Å². The number of benzene rings is 1. The summed E-state index contributed by atoms with van der Waals surface area (Å²) in [6.45, 7) is 1.29. The summed E-state index contributed by atoms with van der Waals surface area (Å²) in [4.78, 5) is 13.8. The Morgan fingerprint density at radius 3 is 3.00 bits per heavy atom. The molecule has 1 aliphatic heterocycles. The van der Waals surface area contributed by atoms with E-state index < -0.39 is 5.41 Å². The summed E-state index contributed by atoms with van der Waals surface area (Å²) in [7, 11) is 1.77. The zero-order chi connectivity index (χ0) is 13.5. The molecular formula is C15H16N2O2. The fourth-order valence-electron chi connectivity index (χ4n) is 2.55. The quantitative estimate of drug-likeness (QED) is 0.829. The molecule has 4 heteroatoms. The van der Waals surface area contributed by atoms with Crippen LogP contribution < -0.4 is 4.74 Å². The Hall–Kier alpha value is -2.02. The summed E-state index contributed by atoms with van der Waals surface area (Å²) in [6, 6.07) is 8.20. The van der Waals surface area contributed by atoms with Crippen molar-refractivity contribution in [3.63, 3.8) is 0 Å². The average molecular weight is 256 g/mol. The molecule has 2 aliphatic rings. The predicted molar refractivity (Wildman–Crippen MR) is 69.4 cm³/mol. The zero-order valence-corrected chi connectivity index (χ0v) is 11.0. The van der Waals surface area contributed by atoms with E-state index in [0.29, 0.717) is 19.4 Å². The first kappa shape index (κ1) is 12.0. The van der Waals surface area contributed by atoms with Crippen molar-refractivity contribution >= 4 is 5.91 Å². The molecule has 0 saturated heterocycles. The highest BCUT2D eigenvalue weighted by Crippen LogP contribution is 2.46. The molecule has 1 aromatic carbocycles.